The minimum atomic E-state index is -0.775. The summed E-state index contributed by atoms with van der Waals surface area (Å²) in [6.45, 7) is 2.65. The minimum absolute atomic E-state index is 0.319. The maximum Gasteiger partial charge on any atom is 0.162 e. The van der Waals surface area contributed by atoms with Gasteiger partial charge < -0.3 is 14.6 Å². The Balaban J connectivity index is 1.87. The van der Waals surface area contributed by atoms with Gasteiger partial charge in [-0.25, -0.2) is 0 Å². The topological polar surface area (TPSA) is 56.5 Å². The van der Waals surface area contributed by atoms with Crippen LogP contribution in [0, 0.1) is 0 Å². The van der Waals surface area contributed by atoms with E-state index in [9.17, 15) is 5.11 Å². The Bertz CT molecular complexity index is 608. The van der Waals surface area contributed by atoms with Crippen LogP contribution in [0.2, 0.25) is 0 Å². The molecule has 1 aliphatic heterocycles. The molecule has 112 valence electrons. The molecule has 1 aromatic carbocycles. The van der Waals surface area contributed by atoms with E-state index >= 15 is 0 Å². The number of aromatic nitrogens is 2. The van der Waals surface area contributed by atoms with E-state index in [2.05, 4.69) is 5.10 Å². The number of methoxy groups -OCH3 is 1. The van der Waals surface area contributed by atoms with Crippen molar-refractivity contribution in [3.63, 3.8) is 0 Å². The molecule has 0 spiro atoms. The first kappa shape index (κ1) is 14.3. The Hall–Kier alpha value is -1.66. The van der Waals surface area contributed by atoms with Crippen molar-refractivity contribution in [1.82, 2.24) is 9.78 Å². The average Bonchev–Trinajstić information content (AvgIpc) is 2.96. The summed E-state index contributed by atoms with van der Waals surface area (Å²) >= 11 is 1.69. The van der Waals surface area contributed by atoms with Crippen molar-refractivity contribution in [1.29, 1.82) is 0 Å². The smallest absolute Gasteiger partial charge is 0.162 e. The Morgan fingerprint density at radius 1 is 1.52 bits per heavy atom. The van der Waals surface area contributed by atoms with Gasteiger partial charge in [-0.2, -0.15) is 5.10 Å². The van der Waals surface area contributed by atoms with Crippen LogP contribution < -0.4 is 9.47 Å². The van der Waals surface area contributed by atoms with Crippen LogP contribution in [0.1, 0.15) is 18.7 Å². The molecule has 1 aliphatic rings. The molecule has 0 amide bonds. The largest absolute Gasteiger partial charge is 0.493 e. The number of fused-ring (bicyclic) bond motifs is 1. The fourth-order valence-corrected chi connectivity index (χ4v) is 3.48. The molecule has 3 rings (SSSR count). The molecule has 2 aromatic rings. The monoisotopic (exact) mass is 306 g/mol. The lowest BCUT2D eigenvalue weighted by Gasteiger charge is -2.29. The van der Waals surface area contributed by atoms with Crippen LogP contribution in [-0.2, 0) is 6.54 Å². The highest BCUT2D eigenvalue weighted by atomic mass is 32.2. The van der Waals surface area contributed by atoms with Crippen LogP contribution in [0.4, 0.5) is 0 Å². The van der Waals surface area contributed by atoms with Crippen LogP contribution in [0.15, 0.2) is 35.4 Å². The van der Waals surface area contributed by atoms with Crippen molar-refractivity contribution < 1.29 is 14.6 Å². The molecule has 21 heavy (non-hydrogen) atoms. The van der Waals surface area contributed by atoms with Crippen LogP contribution >= 0.6 is 11.8 Å². The summed E-state index contributed by atoms with van der Waals surface area (Å²) in [5.41, 5.74) is 0.671. The highest BCUT2D eigenvalue weighted by Crippen LogP contribution is 2.39. The molecule has 2 unspecified atom stereocenters. The summed E-state index contributed by atoms with van der Waals surface area (Å²) in [6, 6.07) is 7.88. The van der Waals surface area contributed by atoms with Gasteiger partial charge in [-0.15, -0.1) is 11.8 Å². The van der Waals surface area contributed by atoms with Gasteiger partial charge in [0.05, 0.1) is 13.3 Å². The highest BCUT2D eigenvalue weighted by Gasteiger charge is 2.32. The van der Waals surface area contributed by atoms with E-state index in [4.69, 9.17) is 9.47 Å². The minimum Gasteiger partial charge on any atom is -0.493 e. The first-order valence-electron chi connectivity index (χ1n) is 6.90. The fourth-order valence-electron chi connectivity index (χ4n) is 2.45. The van der Waals surface area contributed by atoms with Crippen LogP contribution in [-0.4, -0.2) is 33.9 Å². The zero-order chi connectivity index (χ0) is 14.8. The Kier molecular flexibility index (Phi) is 4.07. The number of aliphatic hydroxyl groups is 1. The Labute approximate surface area is 127 Å². The predicted octanol–water partition coefficient (Wildman–Crippen LogP) is 2.50. The lowest BCUT2D eigenvalue weighted by Crippen LogP contribution is -2.32. The van der Waals surface area contributed by atoms with E-state index in [1.54, 1.807) is 29.8 Å². The second kappa shape index (κ2) is 5.99. The lowest BCUT2D eigenvalue weighted by atomic mass is 10.1. The summed E-state index contributed by atoms with van der Waals surface area (Å²) in [5.74, 6) is 2.10. The normalized spacial score (nSPS) is 18.7. The first-order chi connectivity index (χ1) is 10.2. The second-order valence-corrected chi connectivity index (χ2v) is 5.83. The van der Waals surface area contributed by atoms with Crippen LogP contribution in [0.5, 0.6) is 11.5 Å². The van der Waals surface area contributed by atoms with E-state index in [1.165, 1.54) is 0 Å². The molecular formula is C15H18N2O3S. The fraction of sp³-hybridized carbons (Fsp3) is 0.400. The lowest BCUT2D eigenvalue weighted by molar-refractivity contribution is 0.0381. The molecule has 0 aliphatic carbocycles. The average molecular weight is 306 g/mol. The van der Waals surface area contributed by atoms with Crippen molar-refractivity contribution in [2.24, 2.45) is 0 Å². The van der Waals surface area contributed by atoms with Crippen molar-refractivity contribution in [2.45, 2.75) is 30.6 Å². The van der Waals surface area contributed by atoms with E-state index in [1.807, 2.05) is 31.2 Å². The number of rotatable bonds is 4. The molecule has 0 bridgehead atoms. The third kappa shape index (κ3) is 2.61. The van der Waals surface area contributed by atoms with Gasteiger partial charge >= 0.3 is 0 Å². The van der Waals surface area contributed by atoms with Crippen LogP contribution in [0.3, 0.4) is 0 Å². The zero-order valence-corrected chi connectivity index (χ0v) is 12.8. The summed E-state index contributed by atoms with van der Waals surface area (Å²) in [7, 11) is 1.58. The Morgan fingerprint density at radius 2 is 2.33 bits per heavy atom. The van der Waals surface area contributed by atoms with Gasteiger partial charge in [-0.1, -0.05) is 12.1 Å². The number of benzene rings is 1. The first-order valence-corrected chi connectivity index (χ1v) is 7.89. The van der Waals surface area contributed by atoms with Gasteiger partial charge in [-0.3, -0.25) is 4.68 Å². The van der Waals surface area contributed by atoms with Gasteiger partial charge in [0.15, 0.2) is 5.75 Å². The maximum absolute atomic E-state index is 10.7. The summed E-state index contributed by atoms with van der Waals surface area (Å²) in [4.78, 5) is 1.11. The molecule has 6 heteroatoms. The van der Waals surface area contributed by atoms with Gasteiger partial charge in [0, 0.05) is 17.2 Å². The Morgan fingerprint density at radius 3 is 3.10 bits per heavy atom. The zero-order valence-electron chi connectivity index (χ0n) is 12.0. The molecule has 2 atom stereocenters. The molecule has 5 nitrogen and oxygen atoms in total. The predicted molar refractivity (Wildman–Crippen MR) is 81.0 cm³/mol. The summed E-state index contributed by atoms with van der Waals surface area (Å²) in [6.07, 6.45) is 0.537. The molecule has 0 saturated carbocycles. The quantitative estimate of drug-likeness (QED) is 0.940. The second-order valence-electron chi connectivity index (χ2n) is 4.77. The number of hydrogen-bond acceptors (Lipinski definition) is 5. The van der Waals surface area contributed by atoms with E-state index < -0.39 is 6.10 Å². The molecule has 0 radical (unpaired) electrons. The van der Waals surface area contributed by atoms with Crippen molar-refractivity contribution in [2.75, 3.05) is 12.9 Å². The summed E-state index contributed by atoms with van der Waals surface area (Å²) < 4.78 is 13.0. The van der Waals surface area contributed by atoms with Crippen molar-refractivity contribution in [3.8, 4) is 11.5 Å². The molecule has 1 aromatic heterocycles. The third-order valence-corrected chi connectivity index (χ3v) is 4.67. The van der Waals surface area contributed by atoms with Crippen molar-refractivity contribution >= 4 is 11.8 Å². The molecule has 1 N–H and O–H groups in total. The van der Waals surface area contributed by atoms with E-state index in [-0.39, 0.29) is 6.10 Å². The van der Waals surface area contributed by atoms with Gasteiger partial charge in [0.25, 0.3) is 0 Å². The van der Waals surface area contributed by atoms with Crippen LogP contribution in [0.25, 0.3) is 0 Å². The number of aliphatic hydroxyl groups excluding tert-OH is 1. The highest BCUT2D eigenvalue weighted by molar-refractivity contribution is 7.99. The molecule has 0 fully saturated rings. The number of aryl methyl sites for hydroxylation is 1. The standard InChI is InChI=1S/C15H18N2O3S/c1-3-17-14(11(19-2)8-16-17)15(18)12-9-21-13-7-5-4-6-10(13)20-12/h4-8,12,15,18H,3,9H2,1-2H3. The van der Waals surface area contributed by atoms with E-state index in [0.717, 1.165) is 10.6 Å². The molecule has 0 saturated heterocycles. The SMILES string of the molecule is CCn1ncc(OC)c1C(O)C1CSc2ccccc2O1. The number of hydrogen-bond donors (Lipinski definition) is 1. The third-order valence-electron chi connectivity index (χ3n) is 3.53. The number of nitrogens with zero attached hydrogens (tertiary/aromatic N) is 2. The molecular weight excluding hydrogens is 288 g/mol. The van der Waals surface area contributed by atoms with Gasteiger partial charge in [0.1, 0.15) is 23.7 Å². The van der Waals surface area contributed by atoms with Crippen molar-refractivity contribution in [3.05, 3.63) is 36.2 Å². The number of ether oxygens (including phenoxy) is 2. The number of thioether (sulfide) groups is 1. The summed E-state index contributed by atoms with van der Waals surface area (Å²) in [5, 5.41) is 14.9. The number of para-hydroxylation sites is 1. The maximum atomic E-state index is 10.7. The van der Waals surface area contributed by atoms with Gasteiger partial charge in [-0.05, 0) is 19.1 Å². The molecule has 2 heterocycles. The van der Waals surface area contributed by atoms with Gasteiger partial charge in [0.2, 0.25) is 0 Å². The van der Waals surface area contributed by atoms with E-state index in [0.29, 0.717) is 23.7 Å².